The Morgan fingerprint density at radius 2 is 1.96 bits per heavy atom. The van der Waals surface area contributed by atoms with Gasteiger partial charge in [0.2, 0.25) is 0 Å². The van der Waals surface area contributed by atoms with Gasteiger partial charge in [-0.05, 0) is 35.7 Å². The smallest absolute Gasteiger partial charge is 0.313 e. The highest BCUT2D eigenvalue weighted by molar-refractivity contribution is 7.99. The summed E-state index contributed by atoms with van der Waals surface area (Å²) in [6, 6.07) is 15.0. The van der Waals surface area contributed by atoms with E-state index in [1.807, 2.05) is 49.4 Å². The van der Waals surface area contributed by atoms with Crippen LogP contribution in [0.25, 0.3) is 0 Å². The van der Waals surface area contributed by atoms with Crippen molar-refractivity contribution < 1.29 is 19.4 Å². The van der Waals surface area contributed by atoms with Gasteiger partial charge in [0.25, 0.3) is 5.91 Å². The Bertz CT molecular complexity index is 733. The zero-order chi connectivity index (χ0) is 18.1. The number of hydrogen-bond acceptors (Lipinski definition) is 4. The molecule has 0 aliphatic carbocycles. The molecule has 0 heterocycles. The van der Waals surface area contributed by atoms with Gasteiger partial charge in [-0.25, -0.2) is 0 Å². The summed E-state index contributed by atoms with van der Waals surface area (Å²) in [5.41, 5.74) is 2.69. The number of aryl methyl sites for hydroxylation is 1. The minimum atomic E-state index is -0.834. The first-order valence-corrected chi connectivity index (χ1v) is 9.13. The summed E-state index contributed by atoms with van der Waals surface area (Å²) in [5, 5.41) is 11.5. The van der Waals surface area contributed by atoms with Crippen LogP contribution in [0, 0.1) is 0 Å². The quantitative estimate of drug-likeness (QED) is 0.716. The van der Waals surface area contributed by atoms with E-state index in [1.54, 1.807) is 6.07 Å². The first-order chi connectivity index (χ1) is 12.1. The molecule has 25 heavy (non-hydrogen) atoms. The molecular weight excluding hydrogens is 338 g/mol. The summed E-state index contributed by atoms with van der Waals surface area (Å²) in [7, 11) is 0. The number of hydrogen-bond donors (Lipinski definition) is 2. The number of carboxylic acid groups (broad SMARTS) is 1. The van der Waals surface area contributed by atoms with Gasteiger partial charge >= 0.3 is 5.97 Å². The van der Waals surface area contributed by atoms with Crippen LogP contribution < -0.4 is 10.1 Å². The Morgan fingerprint density at radius 1 is 1.16 bits per heavy atom. The van der Waals surface area contributed by atoms with Crippen molar-refractivity contribution in [3.63, 3.8) is 0 Å². The molecule has 0 saturated carbocycles. The number of amides is 1. The predicted octanol–water partition coefficient (Wildman–Crippen LogP) is 3.58. The van der Waals surface area contributed by atoms with E-state index in [2.05, 4.69) is 5.32 Å². The number of carbonyl (C=O) groups excluding carboxylic acids is 1. The molecule has 0 aliphatic heterocycles. The van der Waals surface area contributed by atoms with Crippen LogP contribution in [0.3, 0.4) is 0 Å². The highest BCUT2D eigenvalue weighted by Crippen LogP contribution is 2.19. The number of anilines is 1. The van der Waals surface area contributed by atoms with Crippen LogP contribution in [-0.2, 0) is 21.8 Å². The van der Waals surface area contributed by atoms with E-state index in [4.69, 9.17) is 9.84 Å². The number of aliphatic carboxylic acids is 1. The standard InChI is InChI=1S/C19H21NO4S/c1-2-15-7-3-4-9-17(15)24-11-18(21)20-16-8-5-6-14(10-16)12-25-13-19(22)23/h3-10H,2,11-13H2,1H3,(H,20,21)(H,22,23). The van der Waals surface area contributed by atoms with Crippen LogP contribution in [-0.4, -0.2) is 29.3 Å². The van der Waals surface area contributed by atoms with E-state index in [1.165, 1.54) is 11.8 Å². The molecule has 2 aromatic rings. The highest BCUT2D eigenvalue weighted by atomic mass is 32.2. The second-order valence-corrected chi connectivity index (χ2v) is 6.37. The lowest BCUT2D eigenvalue weighted by atomic mass is 10.1. The minimum absolute atomic E-state index is 0.0568. The number of thioether (sulfide) groups is 1. The normalized spacial score (nSPS) is 10.3. The molecule has 132 valence electrons. The molecule has 0 unspecified atom stereocenters. The Kier molecular flexibility index (Phi) is 7.35. The molecule has 0 radical (unpaired) electrons. The highest BCUT2D eigenvalue weighted by Gasteiger charge is 2.07. The Morgan fingerprint density at radius 3 is 2.72 bits per heavy atom. The Balaban J connectivity index is 1.86. The molecule has 0 aliphatic rings. The van der Waals surface area contributed by atoms with Gasteiger partial charge in [0.05, 0.1) is 5.75 Å². The van der Waals surface area contributed by atoms with E-state index in [9.17, 15) is 9.59 Å². The molecule has 0 fully saturated rings. The van der Waals surface area contributed by atoms with Crippen molar-refractivity contribution in [2.45, 2.75) is 19.1 Å². The minimum Gasteiger partial charge on any atom is -0.483 e. The molecule has 2 rings (SSSR count). The van der Waals surface area contributed by atoms with Crippen molar-refractivity contribution in [3.05, 3.63) is 59.7 Å². The summed E-state index contributed by atoms with van der Waals surface area (Å²) < 4.78 is 5.60. The van der Waals surface area contributed by atoms with E-state index in [0.29, 0.717) is 11.4 Å². The molecule has 5 nitrogen and oxygen atoms in total. The second-order valence-electron chi connectivity index (χ2n) is 5.39. The molecule has 0 bridgehead atoms. The summed E-state index contributed by atoms with van der Waals surface area (Å²) in [6.07, 6.45) is 0.841. The van der Waals surface area contributed by atoms with Crippen LogP contribution in [0.5, 0.6) is 5.75 Å². The van der Waals surface area contributed by atoms with E-state index in [0.717, 1.165) is 23.3 Å². The number of ether oxygens (including phenoxy) is 1. The SMILES string of the molecule is CCc1ccccc1OCC(=O)Nc1cccc(CSCC(=O)O)c1. The molecule has 1 amide bonds. The number of rotatable bonds is 9. The zero-order valence-electron chi connectivity index (χ0n) is 14.0. The van der Waals surface area contributed by atoms with Crippen molar-refractivity contribution in [3.8, 4) is 5.75 Å². The first-order valence-electron chi connectivity index (χ1n) is 7.97. The molecule has 2 aromatic carbocycles. The number of para-hydroxylation sites is 1. The van der Waals surface area contributed by atoms with E-state index < -0.39 is 5.97 Å². The van der Waals surface area contributed by atoms with Crippen LogP contribution >= 0.6 is 11.8 Å². The molecule has 0 atom stereocenters. The maximum Gasteiger partial charge on any atom is 0.313 e. The predicted molar refractivity (Wildman–Crippen MR) is 100 cm³/mol. The lowest BCUT2D eigenvalue weighted by Gasteiger charge is -2.11. The van der Waals surface area contributed by atoms with Crippen LogP contribution in [0.15, 0.2) is 48.5 Å². The number of carboxylic acids is 1. The fourth-order valence-electron chi connectivity index (χ4n) is 2.27. The molecule has 0 aromatic heterocycles. The number of nitrogens with one attached hydrogen (secondary N) is 1. The largest absolute Gasteiger partial charge is 0.483 e. The number of carbonyl (C=O) groups is 2. The van der Waals surface area contributed by atoms with Crippen molar-refractivity contribution in [2.24, 2.45) is 0 Å². The average molecular weight is 359 g/mol. The van der Waals surface area contributed by atoms with Crippen molar-refractivity contribution >= 4 is 29.3 Å². The molecule has 0 saturated heterocycles. The van der Waals surface area contributed by atoms with Crippen molar-refractivity contribution in [1.29, 1.82) is 0 Å². The summed E-state index contributed by atoms with van der Waals surface area (Å²) >= 11 is 1.32. The fraction of sp³-hybridized carbons (Fsp3) is 0.263. The van der Waals surface area contributed by atoms with Gasteiger partial charge in [-0.15, -0.1) is 11.8 Å². The molecule has 2 N–H and O–H groups in total. The lowest BCUT2D eigenvalue weighted by Crippen LogP contribution is -2.20. The van der Waals surface area contributed by atoms with Gasteiger partial charge in [-0.1, -0.05) is 37.3 Å². The summed E-state index contributed by atoms with van der Waals surface area (Å²) in [6.45, 7) is 1.98. The number of benzene rings is 2. The maximum atomic E-state index is 12.1. The fourth-order valence-corrected chi connectivity index (χ4v) is 2.96. The van der Waals surface area contributed by atoms with E-state index in [-0.39, 0.29) is 18.3 Å². The van der Waals surface area contributed by atoms with Gasteiger partial charge in [-0.2, -0.15) is 0 Å². The third-order valence-corrected chi connectivity index (χ3v) is 4.41. The van der Waals surface area contributed by atoms with Crippen LogP contribution in [0.2, 0.25) is 0 Å². The molecular formula is C19H21NO4S. The summed E-state index contributed by atoms with van der Waals surface area (Å²) in [4.78, 5) is 22.6. The third kappa shape index (κ3) is 6.51. The average Bonchev–Trinajstić information content (AvgIpc) is 2.60. The second kappa shape index (κ2) is 9.74. The zero-order valence-corrected chi connectivity index (χ0v) is 14.8. The van der Waals surface area contributed by atoms with Gasteiger partial charge in [0.1, 0.15) is 5.75 Å². The third-order valence-electron chi connectivity index (χ3n) is 3.42. The van der Waals surface area contributed by atoms with Crippen LogP contribution in [0.1, 0.15) is 18.1 Å². The first kappa shape index (κ1) is 18.9. The monoisotopic (exact) mass is 359 g/mol. The summed E-state index contributed by atoms with van der Waals surface area (Å²) in [5.74, 6) is 0.289. The molecule has 0 spiro atoms. The topological polar surface area (TPSA) is 75.6 Å². The van der Waals surface area contributed by atoms with Crippen molar-refractivity contribution in [1.82, 2.24) is 0 Å². The van der Waals surface area contributed by atoms with E-state index >= 15 is 0 Å². The molecule has 6 heteroatoms. The Labute approximate surface area is 151 Å². The Hall–Kier alpha value is -2.47. The van der Waals surface area contributed by atoms with Crippen molar-refractivity contribution in [2.75, 3.05) is 17.7 Å². The van der Waals surface area contributed by atoms with Crippen LogP contribution in [0.4, 0.5) is 5.69 Å². The maximum absolute atomic E-state index is 12.1. The van der Waals surface area contributed by atoms with Gasteiger partial charge in [0.15, 0.2) is 6.61 Å². The lowest BCUT2D eigenvalue weighted by molar-refractivity contribution is -0.133. The van der Waals surface area contributed by atoms with Gasteiger partial charge < -0.3 is 15.2 Å². The van der Waals surface area contributed by atoms with Gasteiger partial charge in [0, 0.05) is 11.4 Å². The van der Waals surface area contributed by atoms with Gasteiger partial charge in [-0.3, -0.25) is 9.59 Å².